The van der Waals surface area contributed by atoms with E-state index in [4.69, 9.17) is 0 Å². The van der Waals surface area contributed by atoms with Crippen molar-refractivity contribution in [1.82, 2.24) is 0 Å². The highest BCUT2D eigenvalue weighted by Crippen LogP contribution is 2.38. The second-order valence-corrected chi connectivity index (χ2v) is 7.02. The van der Waals surface area contributed by atoms with Crippen LogP contribution in [-0.2, 0) is 0 Å². The maximum absolute atomic E-state index is 3.60. The highest BCUT2D eigenvalue weighted by molar-refractivity contribution is 5.55. The van der Waals surface area contributed by atoms with Crippen molar-refractivity contribution in [2.45, 2.75) is 65.3 Å². The fourth-order valence-corrected chi connectivity index (χ4v) is 3.01. The van der Waals surface area contributed by atoms with E-state index in [0.29, 0.717) is 11.5 Å². The molecular formula is C17H27N. The monoisotopic (exact) mass is 245 g/mol. The van der Waals surface area contributed by atoms with Crippen molar-refractivity contribution < 1.29 is 0 Å². The number of nitrogens with one attached hydrogen (secondary N) is 1. The van der Waals surface area contributed by atoms with Crippen molar-refractivity contribution in [2.75, 3.05) is 5.32 Å². The number of benzene rings is 1. The zero-order valence-electron chi connectivity index (χ0n) is 12.3. The van der Waals surface area contributed by atoms with Gasteiger partial charge in [-0.3, -0.25) is 0 Å². The molecule has 0 saturated carbocycles. The number of anilines is 1. The highest BCUT2D eigenvalue weighted by Gasteiger charge is 2.23. The van der Waals surface area contributed by atoms with Gasteiger partial charge in [0.25, 0.3) is 0 Å². The summed E-state index contributed by atoms with van der Waals surface area (Å²) in [6, 6.07) is 9.45. The lowest BCUT2D eigenvalue weighted by Crippen LogP contribution is -2.25. The second-order valence-electron chi connectivity index (χ2n) is 7.02. The SMILES string of the molecule is CC1CC(CCCC(C)(C)C)c2ccccc2N1. The topological polar surface area (TPSA) is 12.0 Å². The van der Waals surface area contributed by atoms with Crippen molar-refractivity contribution in [3.05, 3.63) is 29.8 Å². The number of hydrogen-bond acceptors (Lipinski definition) is 1. The predicted molar refractivity (Wildman–Crippen MR) is 80.2 cm³/mol. The van der Waals surface area contributed by atoms with Gasteiger partial charge in [-0.15, -0.1) is 0 Å². The molecular weight excluding hydrogens is 218 g/mol. The van der Waals surface area contributed by atoms with Crippen LogP contribution in [-0.4, -0.2) is 6.04 Å². The molecule has 2 atom stereocenters. The van der Waals surface area contributed by atoms with E-state index in [1.807, 2.05) is 0 Å². The zero-order chi connectivity index (χ0) is 13.2. The van der Waals surface area contributed by atoms with Gasteiger partial charge in [0.1, 0.15) is 0 Å². The lowest BCUT2D eigenvalue weighted by atomic mass is 9.81. The first-order valence-electron chi connectivity index (χ1n) is 7.31. The minimum absolute atomic E-state index is 0.470. The minimum atomic E-state index is 0.470. The number of para-hydroxylation sites is 1. The predicted octanol–water partition coefficient (Wildman–Crippen LogP) is 5.19. The molecule has 0 bridgehead atoms. The molecule has 2 unspecified atom stereocenters. The Morgan fingerprint density at radius 3 is 2.67 bits per heavy atom. The number of rotatable bonds is 3. The summed E-state index contributed by atoms with van der Waals surface area (Å²) >= 11 is 0. The van der Waals surface area contributed by atoms with Gasteiger partial charge in [-0.2, -0.15) is 0 Å². The van der Waals surface area contributed by atoms with Crippen LogP contribution in [0.3, 0.4) is 0 Å². The molecule has 1 aromatic rings. The molecule has 1 N–H and O–H groups in total. The summed E-state index contributed by atoms with van der Waals surface area (Å²) in [6.07, 6.45) is 5.28. The van der Waals surface area contributed by atoms with Gasteiger partial charge in [-0.1, -0.05) is 45.4 Å². The van der Waals surface area contributed by atoms with E-state index >= 15 is 0 Å². The maximum atomic E-state index is 3.60. The summed E-state index contributed by atoms with van der Waals surface area (Å²) in [5, 5.41) is 3.60. The Bertz CT molecular complexity index is 389. The number of fused-ring (bicyclic) bond motifs is 1. The first-order chi connectivity index (χ1) is 8.46. The standard InChI is InChI=1S/C17H27N/c1-13-12-14(8-7-11-17(2,3)4)15-9-5-6-10-16(15)18-13/h5-6,9-10,13-14,18H,7-8,11-12H2,1-4H3. The average molecular weight is 245 g/mol. The minimum Gasteiger partial charge on any atom is -0.382 e. The van der Waals surface area contributed by atoms with Gasteiger partial charge in [-0.25, -0.2) is 0 Å². The number of hydrogen-bond donors (Lipinski definition) is 1. The Morgan fingerprint density at radius 2 is 1.94 bits per heavy atom. The lowest BCUT2D eigenvalue weighted by molar-refractivity contribution is 0.347. The first kappa shape index (κ1) is 13.5. The Kier molecular flexibility index (Phi) is 3.99. The van der Waals surface area contributed by atoms with Crippen LogP contribution in [0.5, 0.6) is 0 Å². The molecule has 1 aliphatic rings. The molecule has 0 fully saturated rings. The van der Waals surface area contributed by atoms with Gasteiger partial charge in [0.15, 0.2) is 0 Å². The molecule has 18 heavy (non-hydrogen) atoms. The van der Waals surface area contributed by atoms with Gasteiger partial charge in [-0.05, 0) is 49.1 Å². The van der Waals surface area contributed by atoms with E-state index in [1.165, 1.54) is 36.9 Å². The Labute approximate surface area is 112 Å². The molecule has 0 amide bonds. The van der Waals surface area contributed by atoms with Crippen LogP contribution in [0.1, 0.15) is 64.9 Å². The molecule has 0 spiro atoms. The third-order valence-corrected chi connectivity index (χ3v) is 3.92. The van der Waals surface area contributed by atoms with Crippen LogP contribution in [0.2, 0.25) is 0 Å². The molecule has 0 aromatic heterocycles. The van der Waals surface area contributed by atoms with Crippen LogP contribution in [0.4, 0.5) is 5.69 Å². The van der Waals surface area contributed by atoms with Crippen molar-refractivity contribution in [3.63, 3.8) is 0 Å². The van der Waals surface area contributed by atoms with Gasteiger partial charge < -0.3 is 5.32 Å². The second kappa shape index (κ2) is 5.34. The van der Waals surface area contributed by atoms with Gasteiger partial charge >= 0.3 is 0 Å². The van der Waals surface area contributed by atoms with Gasteiger partial charge in [0.2, 0.25) is 0 Å². The molecule has 1 aromatic carbocycles. The van der Waals surface area contributed by atoms with Crippen LogP contribution in [0, 0.1) is 5.41 Å². The summed E-state index contributed by atoms with van der Waals surface area (Å²) in [6.45, 7) is 9.32. The lowest BCUT2D eigenvalue weighted by Gasteiger charge is -2.32. The summed E-state index contributed by atoms with van der Waals surface area (Å²) < 4.78 is 0. The fourth-order valence-electron chi connectivity index (χ4n) is 3.01. The van der Waals surface area contributed by atoms with Gasteiger partial charge in [0.05, 0.1) is 0 Å². The van der Waals surface area contributed by atoms with E-state index in [9.17, 15) is 0 Å². The Morgan fingerprint density at radius 1 is 1.22 bits per heavy atom. The highest BCUT2D eigenvalue weighted by atomic mass is 14.9. The summed E-state index contributed by atoms with van der Waals surface area (Å²) in [5.74, 6) is 0.750. The first-order valence-corrected chi connectivity index (χ1v) is 7.31. The third kappa shape index (κ3) is 3.51. The van der Waals surface area contributed by atoms with Crippen LogP contribution < -0.4 is 5.32 Å². The Hall–Kier alpha value is -0.980. The van der Waals surface area contributed by atoms with Gasteiger partial charge in [0, 0.05) is 11.7 Å². The molecule has 100 valence electrons. The fraction of sp³-hybridized carbons (Fsp3) is 0.647. The maximum Gasteiger partial charge on any atom is 0.0377 e. The molecule has 0 aliphatic carbocycles. The van der Waals surface area contributed by atoms with E-state index in [1.54, 1.807) is 0 Å². The van der Waals surface area contributed by atoms with Crippen LogP contribution in [0.25, 0.3) is 0 Å². The van der Waals surface area contributed by atoms with Crippen LogP contribution >= 0.6 is 0 Å². The smallest absolute Gasteiger partial charge is 0.0377 e. The van der Waals surface area contributed by atoms with Crippen LogP contribution in [0.15, 0.2) is 24.3 Å². The Balaban J connectivity index is 2.01. The van der Waals surface area contributed by atoms with E-state index in [0.717, 1.165) is 5.92 Å². The van der Waals surface area contributed by atoms with Crippen molar-refractivity contribution >= 4 is 5.69 Å². The van der Waals surface area contributed by atoms with E-state index in [-0.39, 0.29) is 0 Å². The molecule has 2 rings (SSSR count). The molecule has 1 aliphatic heterocycles. The molecule has 0 radical (unpaired) electrons. The van der Waals surface area contributed by atoms with Crippen molar-refractivity contribution in [2.24, 2.45) is 5.41 Å². The summed E-state index contributed by atoms with van der Waals surface area (Å²) in [7, 11) is 0. The van der Waals surface area contributed by atoms with E-state index < -0.39 is 0 Å². The largest absolute Gasteiger partial charge is 0.382 e. The molecule has 1 heteroatoms. The quantitative estimate of drug-likeness (QED) is 0.772. The molecule has 1 nitrogen and oxygen atoms in total. The summed E-state index contributed by atoms with van der Waals surface area (Å²) in [4.78, 5) is 0. The summed E-state index contributed by atoms with van der Waals surface area (Å²) in [5.41, 5.74) is 3.36. The normalized spacial score (nSPS) is 23.3. The molecule has 0 saturated heterocycles. The zero-order valence-corrected chi connectivity index (χ0v) is 12.3. The van der Waals surface area contributed by atoms with Crippen molar-refractivity contribution in [1.29, 1.82) is 0 Å². The van der Waals surface area contributed by atoms with Crippen molar-refractivity contribution in [3.8, 4) is 0 Å². The average Bonchev–Trinajstić information content (AvgIpc) is 2.27. The third-order valence-electron chi connectivity index (χ3n) is 3.92. The van der Waals surface area contributed by atoms with E-state index in [2.05, 4.69) is 57.3 Å². The molecule has 1 heterocycles.